The lowest BCUT2D eigenvalue weighted by atomic mass is 9.96. The van der Waals surface area contributed by atoms with Crippen LogP contribution in [0.25, 0.3) is 0 Å². The molecule has 0 spiro atoms. The van der Waals surface area contributed by atoms with Gasteiger partial charge in [0.1, 0.15) is 10.6 Å². The van der Waals surface area contributed by atoms with Crippen LogP contribution in [0.4, 0.5) is 5.69 Å². The molecule has 1 N–H and O–H groups in total. The number of sulfonamides is 1. The Bertz CT molecular complexity index is 1040. The highest BCUT2D eigenvalue weighted by Crippen LogP contribution is 2.25. The molecule has 9 nitrogen and oxygen atoms in total. The molecule has 1 aliphatic heterocycles. The van der Waals surface area contributed by atoms with Crippen molar-refractivity contribution in [3.8, 4) is 5.75 Å². The molecule has 2 heterocycles. The first kappa shape index (κ1) is 23.7. The predicted molar refractivity (Wildman–Crippen MR) is 120 cm³/mol. The van der Waals surface area contributed by atoms with E-state index in [4.69, 9.17) is 4.74 Å². The molecule has 0 bridgehead atoms. The number of rotatable bonds is 8. The van der Waals surface area contributed by atoms with E-state index >= 15 is 0 Å². The lowest BCUT2D eigenvalue weighted by molar-refractivity contribution is -0.139. The van der Waals surface area contributed by atoms with E-state index in [1.165, 1.54) is 34.8 Å². The Kier molecular flexibility index (Phi) is 7.81. The van der Waals surface area contributed by atoms with Gasteiger partial charge in [0.15, 0.2) is 0 Å². The first-order valence-corrected chi connectivity index (χ1v) is 11.9. The molecule has 0 atom stereocenters. The quantitative estimate of drug-likeness (QED) is 0.645. The van der Waals surface area contributed by atoms with Crippen molar-refractivity contribution in [3.63, 3.8) is 0 Å². The van der Waals surface area contributed by atoms with Crippen LogP contribution in [0.1, 0.15) is 19.8 Å². The monoisotopic (exact) mass is 460 g/mol. The Labute approximate surface area is 188 Å². The van der Waals surface area contributed by atoms with Crippen LogP contribution in [0.2, 0.25) is 0 Å². The maximum Gasteiger partial charge on any atom is 0.244 e. The number of ether oxygens (including phenoxy) is 1. The number of hydrogen-bond acceptors (Lipinski definition) is 6. The van der Waals surface area contributed by atoms with Crippen molar-refractivity contribution in [2.24, 2.45) is 5.92 Å². The van der Waals surface area contributed by atoms with Crippen LogP contribution in [0.3, 0.4) is 0 Å². The summed E-state index contributed by atoms with van der Waals surface area (Å²) in [6, 6.07) is 10.2. The van der Waals surface area contributed by atoms with Crippen molar-refractivity contribution >= 4 is 27.5 Å². The number of aromatic nitrogens is 1. The molecule has 0 aliphatic carbocycles. The van der Waals surface area contributed by atoms with Gasteiger partial charge in [-0.15, -0.1) is 0 Å². The Morgan fingerprint density at radius 3 is 2.53 bits per heavy atom. The van der Waals surface area contributed by atoms with Crippen molar-refractivity contribution < 1.29 is 22.7 Å². The first-order chi connectivity index (χ1) is 15.4. The van der Waals surface area contributed by atoms with E-state index in [1.54, 1.807) is 30.3 Å². The van der Waals surface area contributed by atoms with Crippen LogP contribution in [-0.4, -0.2) is 67.7 Å². The molecule has 1 aromatic heterocycles. The molecule has 10 heteroatoms. The number of likely N-dealkylation sites (N-methyl/N-ethyl adjacent to an activating group) is 1. The number of piperidine rings is 1. The minimum absolute atomic E-state index is 0.0818. The van der Waals surface area contributed by atoms with Crippen LogP contribution in [-0.2, 0) is 19.6 Å². The molecule has 1 aromatic carbocycles. The molecule has 0 radical (unpaired) electrons. The van der Waals surface area contributed by atoms with Gasteiger partial charge >= 0.3 is 0 Å². The Balaban J connectivity index is 1.58. The third kappa shape index (κ3) is 5.43. The minimum atomic E-state index is -3.63. The maximum atomic E-state index is 13.0. The van der Waals surface area contributed by atoms with E-state index < -0.39 is 10.0 Å². The van der Waals surface area contributed by atoms with Gasteiger partial charge in [-0.1, -0.05) is 12.1 Å². The molecule has 0 unspecified atom stereocenters. The number of nitrogens with zero attached hydrogens (tertiary/aromatic N) is 3. The first-order valence-electron chi connectivity index (χ1n) is 10.5. The topological polar surface area (TPSA) is 109 Å². The molecule has 1 saturated heterocycles. The van der Waals surface area contributed by atoms with Crippen molar-refractivity contribution in [1.29, 1.82) is 0 Å². The standard InChI is InChI=1S/C22H28N4O5S/c1-3-25(16-21(27)24-19-8-4-5-9-20(19)31-2)22(28)17-10-13-26(14-11-17)32(29,30)18-7-6-12-23-15-18/h4-9,12,15,17H,3,10-11,13-14,16H2,1-2H3,(H,24,27). The van der Waals surface area contributed by atoms with E-state index in [0.717, 1.165) is 0 Å². The summed E-state index contributed by atoms with van der Waals surface area (Å²) in [5, 5.41) is 2.78. The molecule has 1 aliphatic rings. The summed E-state index contributed by atoms with van der Waals surface area (Å²) in [6.07, 6.45) is 3.66. The number of carbonyl (C=O) groups is 2. The van der Waals surface area contributed by atoms with Crippen LogP contribution in [0.15, 0.2) is 53.7 Å². The SMILES string of the molecule is CCN(CC(=O)Nc1ccccc1OC)C(=O)C1CCN(S(=O)(=O)c2cccnc2)CC1. The van der Waals surface area contributed by atoms with Crippen LogP contribution < -0.4 is 10.1 Å². The molecule has 1 fully saturated rings. The molecular weight excluding hydrogens is 432 g/mol. The summed E-state index contributed by atoms with van der Waals surface area (Å²) >= 11 is 0. The van der Waals surface area contributed by atoms with Crippen LogP contribution in [0, 0.1) is 5.92 Å². The Hall–Kier alpha value is -2.98. The highest BCUT2D eigenvalue weighted by molar-refractivity contribution is 7.89. The third-order valence-electron chi connectivity index (χ3n) is 5.48. The highest BCUT2D eigenvalue weighted by Gasteiger charge is 2.34. The van der Waals surface area contributed by atoms with Gasteiger partial charge in [-0.05, 0) is 44.0 Å². The fourth-order valence-corrected chi connectivity index (χ4v) is 5.14. The number of nitrogens with one attached hydrogen (secondary N) is 1. The van der Waals surface area contributed by atoms with Gasteiger partial charge in [0.25, 0.3) is 0 Å². The molecule has 2 aromatic rings. The largest absolute Gasteiger partial charge is 0.495 e. The zero-order valence-corrected chi connectivity index (χ0v) is 19.0. The van der Waals surface area contributed by atoms with Gasteiger partial charge in [0.05, 0.1) is 19.3 Å². The minimum Gasteiger partial charge on any atom is -0.495 e. The molecule has 0 saturated carbocycles. The Morgan fingerprint density at radius 2 is 1.91 bits per heavy atom. The summed E-state index contributed by atoms with van der Waals surface area (Å²) in [4.78, 5) is 31.1. The predicted octanol–water partition coefficient (Wildman–Crippen LogP) is 1.98. The summed E-state index contributed by atoms with van der Waals surface area (Å²) in [5.41, 5.74) is 0.539. The normalized spacial score (nSPS) is 15.2. The van der Waals surface area contributed by atoms with Crippen LogP contribution >= 0.6 is 0 Å². The summed E-state index contributed by atoms with van der Waals surface area (Å²) in [7, 11) is -2.11. The second-order valence-electron chi connectivity index (χ2n) is 7.47. The number of para-hydroxylation sites is 2. The van der Waals surface area contributed by atoms with Gasteiger partial charge in [0, 0.05) is 37.9 Å². The van der Waals surface area contributed by atoms with E-state index in [9.17, 15) is 18.0 Å². The van der Waals surface area contributed by atoms with E-state index in [-0.39, 0.29) is 42.3 Å². The zero-order valence-electron chi connectivity index (χ0n) is 18.2. The second-order valence-corrected chi connectivity index (χ2v) is 9.41. The van der Waals surface area contributed by atoms with Crippen molar-refractivity contribution in [3.05, 3.63) is 48.8 Å². The average Bonchev–Trinajstić information content (AvgIpc) is 2.83. The molecule has 2 amide bonds. The second kappa shape index (κ2) is 10.6. The number of pyridine rings is 1. The number of carbonyl (C=O) groups excluding carboxylic acids is 2. The van der Waals surface area contributed by atoms with E-state index in [0.29, 0.717) is 30.8 Å². The maximum absolute atomic E-state index is 13.0. The van der Waals surface area contributed by atoms with Crippen LogP contribution in [0.5, 0.6) is 5.75 Å². The van der Waals surface area contributed by atoms with Gasteiger partial charge in [0.2, 0.25) is 21.8 Å². The van der Waals surface area contributed by atoms with Gasteiger partial charge in [-0.25, -0.2) is 8.42 Å². The number of benzene rings is 1. The summed E-state index contributed by atoms with van der Waals surface area (Å²) < 4.78 is 32.1. The lowest BCUT2D eigenvalue weighted by Gasteiger charge is -2.33. The third-order valence-corrected chi connectivity index (χ3v) is 7.37. The fraction of sp³-hybridized carbons (Fsp3) is 0.409. The lowest BCUT2D eigenvalue weighted by Crippen LogP contribution is -2.46. The number of methoxy groups -OCH3 is 1. The van der Waals surface area contributed by atoms with E-state index in [2.05, 4.69) is 10.3 Å². The number of amides is 2. The summed E-state index contributed by atoms with van der Waals surface area (Å²) in [5.74, 6) is -0.242. The fourth-order valence-electron chi connectivity index (χ4n) is 3.71. The van der Waals surface area contributed by atoms with Crippen molar-refractivity contribution in [2.75, 3.05) is 38.6 Å². The number of anilines is 1. The highest BCUT2D eigenvalue weighted by atomic mass is 32.2. The summed E-state index contributed by atoms with van der Waals surface area (Å²) in [6.45, 7) is 2.61. The smallest absolute Gasteiger partial charge is 0.244 e. The van der Waals surface area contributed by atoms with Gasteiger partial charge in [-0.2, -0.15) is 4.31 Å². The Morgan fingerprint density at radius 1 is 1.19 bits per heavy atom. The molecule has 32 heavy (non-hydrogen) atoms. The average molecular weight is 461 g/mol. The molecular formula is C22H28N4O5S. The molecule has 172 valence electrons. The van der Waals surface area contributed by atoms with Crippen molar-refractivity contribution in [2.45, 2.75) is 24.7 Å². The van der Waals surface area contributed by atoms with Crippen molar-refractivity contribution in [1.82, 2.24) is 14.2 Å². The molecule has 3 rings (SSSR count). The van der Waals surface area contributed by atoms with Gasteiger partial charge in [-0.3, -0.25) is 14.6 Å². The number of hydrogen-bond donors (Lipinski definition) is 1. The van der Waals surface area contributed by atoms with E-state index in [1.807, 2.05) is 6.92 Å². The van der Waals surface area contributed by atoms with Gasteiger partial charge < -0.3 is 15.0 Å². The zero-order chi connectivity index (χ0) is 23.1.